The molecule has 2 aliphatic rings. The molecule has 1 aliphatic heterocycles. The predicted molar refractivity (Wildman–Crippen MR) is 83.0 cm³/mol. The number of amides is 3. The molecule has 1 aromatic carbocycles. The van der Waals surface area contributed by atoms with Crippen molar-refractivity contribution in [3.8, 4) is 0 Å². The monoisotopic (exact) mass is 317 g/mol. The molecule has 7 heteroatoms. The predicted octanol–water partition coefficient (Wildman–Crippen LogP) is 1.50. The Balaban J connectivity index is 1.59. The topological polar surface area (TPSA) is 113 Å². The van der Waals surface area contributed by atoms with Crippen molar-refractivity contribution in [1.82, 2.24) is 4.90 Å². The van der Waals surface area contributed by atoms with Gasteiger partial charge in [-0.05, 0) is 48.9 Å². The van der Waals surface area contributed by atoms with Crippen molar-refractivity contribution in [2.24, 2.45) is 17.1 Å². The quantitative estimate of drug-likeness (QED) is 0.784. The largest absolute Gasteiger partial charge is 0.481 e. The number of nitrogens with one attached hydrogen (secondary N) is 1. The van der Waals surface area contributed by atoms with Gasteiger partial charge in [-0.25, -0.2) is 4.79 Å². The number of carbonyl (C=O) groups is 3. The highest BCUT2D eigenvalue weighted by Gasteiger charge is 2.59. The Morgan fingerprint density at radius 1 is 1.17 bits per heavy atom. The molecule has 1 spiro atoms. The molecule has 1 heterocycles. The van der Waals surface area contributed by atoms with Crippen molar-refractivity contribution in [1.29, 1.82) is 0 Å². The van der Waals surface area contributed by atoms with E-state index in [2.05, 4.69) is 5.32 Å². The summed E-state index contributed by atoms with van der Waals surface area (Å²) in [6.45, 7) is 1.17. The zero-order chi connectivity index (χ0) is 16.6. The van der Waals surface area contributed by atoms with E-state index < -0.39 is 12.0 Å². The van der Waals surface area contributed by atoms with Crippen molar-refractivity contribution in [2.45, 2.75) is 19.3 Å². The van der Waals surface area contributed by atoms with E-state index in [9.17, 15) is 14.4 Å². The highest BCUT2D eigenvalue weighted by molar-refractivity contribution is 5.95. The van der Waals surface area contributed by atoms with Crippen LogP contribution in [-0.2, 0) is 4.79 Å². The van der Waals surface area contributed by atoms with Crippen LogP contribution in [0.5, 0.6) is 0 Å². The maximum atomic E-state index is 12.5. The number of carboxylic acids is 1. The smallest absolute Gasteiger partial charge is 0.316 e. The van der Waals surface area contributed by atoms with E-state index >= 15 is 0 Å². The summed E-state index contributed by atoms with van der Waals surface area (Å²) in [6.07, 6.45) is 2.23. The number of piperidine rings is 1. The molecule has 0 aromatic heterocycles. The van der Waals surface area contributed by atoms with E-state index in [0.29, 0.717) is 24.3 Å². The van der Waals surface area contributed by atoms with Gasteiger partial charge in [-0.1, -0.05) is 0 Å². The lowest BCUT2D eigenvalue weighted by Crippen LogP contribution is -2.40. The number of urea groups is 1. The fourth-order valence-corrected chi connectivity index (χ4v) is 3.43. The molecular formula is C16H19N3O4. The van der Waals surface area contributed by atoms with E-state index in [4.69, 9.17) is 10.8 Å². The van der Waals surface area contributed by atoms with Crippen LogP contribution >= 0.6 is 0 Å². The maximum absolute atomic E-state index is 12.5. The van der Waals surface area contributed by atoms with E-state index in [1.54, 1.807) is 29.2 Å². The number of benzene rings is 1. The summed E-state index contributed by atoms with van der Waals surface area (Å²) < 4.78 is 0. The van der Waals surface area contributed by atoms with Gasteiger partial charge in [0.1, 0.15) is 0 Å². The van der Waals surface area contributed by atoms with Crippen molar-refractivity contribution in [3.63, 3.8) is 0 Å². The van der Waals surface area contributed by atoms with Crippen molar-refractivity contribution >= 4 is 23.6 Å². The first-order valence-electron chi connectivity index (χ1n) is 7.60. The van der Waals surface area contributed by atoms with E-state index in [1.807, 2.05) is 0 Å². The van der Waals surface area contributed by atoms with E-state index in [-0.39, 0.29) is 17.2 Å². The molecule has 1 aliphatic carbocycles. The molecule has 1 saturated heterocycles. The lowest BCUT2D eigenvalue weighted by molar-refractivity contribution is -0.139. The molecule has 1 atom stereocenters. The molecule has 2 fully saturated rings. The second kappa shape index (κ2) is 5.57. The van der Waals surface area contributed by atoms with Gasteiger partial charge in [0, 0.05) is 24.3 Å². The lowest BCUT2D eigenvalue weighted by Gasteiger charge is -2.32. The molecule has 0 bridgehead atoms. The number of hydrogen-bond donors (Lipinski definition) is 3. The molecule has 3 rings (SSSR count). The summed E-state index contributed by atoms with van der Waals surface area (Å²) in [6, 6.07) is 5.91. The van der Waals surface area contributed by atoms with Crippen LogP contribution in [0.25, 0.3) is 0 Å². The zero-order valence-corrected chi connectivity index (χ0v) is 12.6. The molecule has 23 heavy (non-hydrogen) atoms. The first kappa shape index (κ1) is 15.3. The molecule has 3 amide bonds. The first-order chi connectivity index (χ1) is 10.9. The summed E-state index contributed by atoms with van der Waals surface area (Å²) in [5.74, 6) is -1.03. The summed E-state index contributed by atoms with van der Waals surface area (Å²) >= 11 is 0. The minimum atomic E-state index is -0.720. The van der Waals surface area contributed by atoms with Gasteiger partial charge in [-0.3, -0.25) is 9.59 Å². The number of anilines is 1. The zero-order valence-electron chi connectivity index (χ0n) is 12.6. The summed E-state index contributed by atoms with van der Waals surface area (Å²) in [7, 11) is 0. The SMILES string of the molecule is NC(=O)Nc1ccc(C(=O)N2CCC3(CC2)CC3C(=O)O)cc1. The number of primary amides is 1. The first-order valence-corrected chi connectivity index (χ1v) is 7.60. The Morgan fingerprint density at radius 3 is 2.26 bits per heavy atom. The lowest BCUT2D eigenvalue weighted by atomic mass is 9.90. The van der Waals surface area contributed by atoms with Gasteiger partial charge < -0.3 is 21.1 Å². The molecule has 4 N–H and O–H groups in total. The minimum absolute atomic E-state index is 0.0713. The van der Waals surface area contributed by atoms with Crippen molar-refractivity contribution < 1.29 is 19.5 Å². The third-order valence-corrected chi connectivity index (χ3v) is 4.93. The Kier molecular flexibility index (Phi) is 3.71. The van der Waals surface area contributed by atoms with Crippen LogP contribution in [-0.4, -0.2) is 41.0 Å². The van der Waals surface area contributed by atoms with Gasteiger partial charge in [0.25, 0.3) is 5.91 Å². The standard InChI is InChI=1S/C16H19N3O4/c17-15(23)18-11-3-1-10(2-4-11)13(20)19-7-5-16(6-8-19)9-12(16)14(21)22/h1-4,12H,5-9H2,(H,21,22)(H3,17,18,23). The van der Waals surface area contributed by atoms with Crippen LogP contribution < -0.4 is 11.1 Å². The van der Waals surface area contributed by atoms with Crippen LogP contribution in [0.2, 0.25) is 0 Å². The molecule has 0 radical (unpaired) electrons. The number of likely N-dealkylation sites (tertiary alicyclic amines) is 1. The average Bonchev–Trinajstić information content (AvgIpc) is 3.22. The number of rotatable bonds is 3. The Bertz CT molecular complexity index is 648. The van der Waals surface area contributed by atoms with Crippen LogP contribution in [0.3, 0.4) is 0 Å². The number of nitrogens with two attached hydrogens (primary N) is 1. The second-order valence-corrected chi connectivity index (χ2v) is 6.32. The maximum Gasteiger partial charge on any atom is 0.316 e. The fourth-order valence-electron chi connectivity index (χ4n) is 3.43. The normalized spacial score (nSPS) is 21.7. The van der Waals surface area contributed by atoms with E-state index in [1.165, 1.54) is 0 Å². The van der Waals surface area contributed by atoms with Crippen molar-refractivity contribution in [2.75, 3.05) is 18.4 Å². The van der Waals surface area contributed by atoms with Gasteiger partial charge in [0.05, 0.1) is 5.92 Å². The number of carboxylic acid groups (broad SMARTS) is 1. The number of aliphatic carboxylic acids is 1. The Hall–Kier alpha value is -2.57. The Morgan fingerprint density at radius 2 is 1.78 bits per heavy atom. The molecular weight excluding hydrogens is 298 g/mol. The molecule has 7 nitrogen and oxygen atoms in total. The van der Waals surface area contributed by atoms with Gasteiger partial charge in [0.15, 0.2) is 0 Å². The van der Waals surface area contributed by atoms with Gasteiger partial charge in [0.2, 0.25) is 0 Å². The van der Waals surface area contributed by atoms with Crippen molar-refractivity contribution in [3.05, 3.63) is 29.8 Å². The second-order valence-electron chi connectivity index (χ2n) is 6.32. The van der Waals surface area contributed by atoms with Crippen LogP contribution in [0.15, 0.2) is 24.3 Å². The third kappa shape index (κ3) is 2.99. The van der Waals surface area contributed by atoms with Crippen LogP contribution in [0.1, 0.15) is 29.6 Å². The molecule has 122 valence electrons. The molecule has 1 aromatic rings. The van der Waals surface area contributed by atoms with E-state index in [0.717, 1.165) is 19.3 Å². The van der Waals surface area contributed by atoms with Crippen LogP contribution in [0, 0.1) is 11.3 Å². The summed E-state index contributed by atoms with van der Waals surface area (Å²) in [5, 5.41) is 11.5. The fraction of sp³-hybridized carbons (Fsp3) is 0.438. The van der Waals surface area contributed by atoms with Gasteiger partial charge >= 0.3 is 12.0 Å². The highest BCUT2D eigenvalue weighted by Crippen LogP contribution is 2.59. The summed E-state index contributed by atoms with van der Waals surface area (Å²) in [5.41, 5.74) is 6.03. The number of hydrogen-bond acceptors (Lipinski definition) is 3. The van der Waals surface area contributed by atoms with Gasteiger partial charge in [-0.2, -0.15) is 0 Å². The highest BCUT2D eigenvalue weighted by atomic mass is 16.4. The molecule has 1 saturated carbocycles. The van der Waals surface area contributed by atoms with Gasteiger partial charge in [-0.15, -0.1) is 0 Å². The average molecular weight is 317 g/mol. The number of carbonyl (C=O) groups excluding carboxylic acids is 2. The minimum Gasteiger partial charge on any atom is -0.481 e. The third-order valence-electron chi connectivity index (χ3n) is 4.93. The van der Waals surface area contributed by atoms with Crippen LogP contribution in [0.4, 0.5) is 10.5 Å². The Labute approximate surface area is 133 Å². The molecule has 1 unspecified atom stereocenters. The number of nitrogens with zero attached hydrogens (tertiary/aromatic N) is 1. The summed E-state index contributed by atoms with van der Waals surface area (Å²) in [4.78, 5) is 36.1.